The van der Waals surface area contributed by atoms with Crippen molar-refractivity contribution in [3.05, 3.63) is 0 Å². The summed E-state index contributed by atoms with van der Waals surface area (Å²) in [4.78, 5) is 2.17. The summed E-state index contributed by atoms with van der Waals surface area (Å²) in [6.07, 6.45) is 5.19. The van der Waals surface area contributed by atoms with Crippen LogP contribution in [0.4, 0.5) is 0 Å². The number of piperidine rings is 1. The maximum atomic E-state index is 11.2. The zero-order chi connectivity index (χ0) is 14.4. The molecule has 0 spiro atoms. The quantitative estimate of drug-likeness (QED) is 0.661. The van der Waals surface area contributed by atoms with E-state index < -0.39 is 9.84 Å². The van der Waals surface area contributed by atoms with Crippen molar-refractivity contribution < 1.29 is 18.3 Å². The Morgan fingerprint density at radius 3 is 2.74 bits per heavy atom. The number of hydrogen-bond donors (Lipinski definition) is 1. The first kappa shape index (κ1) is 16.9. The summed E-state index contributed by atoms with van der Waals surface area (Å²) >= 11 is 0. The van der Waals surface area contributed by atoms with Gasteiger partial charge in [-0.2, -0.15) is 0 Å². The number of nitrogens with zero attached hydrogens (tertiary/aromatic N) is 1. The van der Waals surface area contributed by atoms with Gasteiger partial charge in [0.05, 0.1) is 5.75 Å². The van der Waals surface area contributed by atoms with Gasteiger partial charge in [-0.1, -0.05) is 0 Å². The molecule has 0 aliphatic carbocycles. The van der Waals surface area contributed by atoms with Gasteiger partial charge in [-0.3, -0.25) is 0 Å². The van der Waals surface area contributed by atoms with Crippen molar-refractivity contribution in [1.82, 2.24) is 4.90 Å². The number of likely N-dealkylation sites (tertiary alicyclic amines) is 1. The molecule has 114 valence electrons. The van der Waals surface area contributed by atoms with Crippen LogP contribution in [0.5, 0.6) is 0 Å². The van der Waals surface area contributed by atoms with Crippen molar-refractivity contribution in [3.8, 4) is 0 Å². The molecule has 1 atom stereocenters. The minimum atomic E-state index is -2.91. The van der Waals surface area contributed by atoms with Crippen molar-refractivity contribution >= 4 is 9.84 Å². The molecular weight excluding hydrogens is 266 g/mol. The third-order valence-corrected chi connectivity index (χ3v) is 4.83. The van der Waals surface area contributed by atoms with E-state index in [1.54, 1.807) is 7.11 Å². The van der Waals surface area contributed by atoms with Crippen LogP contribution in [0.1, 0.15) is 25.7 Å². The Kier molecular flexibility index (Phi) is 6.73. The summed E-state index contributed by atoms with van der Waals surface area (Å²) in [5, 5.41) is 9.70. The van der Waals surface area contributed by atoms with Crippen LogP contribution in [0.15, 0.2) is 0 Å². The second-order valence-electron chi connectivity index (χ2n) is 5.76. The largest absolute Gasteiger partial charge is 0.396 e. The van der Waals surface area contributed by atoms with Gasteiger partial charge < -0.3 is 14.7 Å². The number of aliphatic hydroxyl groups excluding tert-OH is 1. The Hall–Kier alpha value is -0.170. The Labute approximate surface area is 116 Å². The third kappa shape index (κ3) is 6.21. The van der Waals surface area contributed by atoms with Gasteiger partial charge in [0.2, 0.25) is 0 Å². The number of methoxy groups -OCH3 is 1. The number of hydrogen-bond acceptors (Lipinski definition) is 5. The van der Waals surface area contributed by atoms with E-state index in [0.717, 1.165) is 38.8 Å². The molecule has 0 aromatic carbocycles. The number of ether oxygens (including phenoxy) is 1. The fourth-order valence-electron chi connectivity index (χ4n) is 2.80. The van der Waals surface area contributed by atoms with Crippen molar-refractivity contribution in [2.45, 2.75) is 25.7 Å². The first-order chi connectivity index (χ1) is 8.91. The lowest BCUT2D eigenvalue weighted by molar-refractivity contribution is 0.0214. The molecule has 1 heterocycles. The standard InChI is InChI=1S/C13H27NO4S/c1-18-9-4-6-13(12-15)5-3-7-14(11-13)8-10-19(2,16)17/h15H,3-12H2,1-2H3/t13-/m0/s1. The second-order valence-corrected chi connectivity index (χ2v) is 8.02. The highest BCUT2D eigenvalue weighted by Crippen LogP contribution is 2.34. The molecule has 19 heavy (non-hydrogen) atoms. The van der Waals surface area contributed by atoms with Crippen LogP contribution in [0, 0.1) is 5.41 Å². The zero-order valence-electron chi connectivity index (χ0n) is 12.1. The molecule has 1 fully saturated rings. The first-order valence-corrected chi connectivity index (χ1v) is 8.97. The van der Waals surface area contributed by atoms with E-state index >= 15 is 0 Å². The molecule has 0 radical (unpaired) electrons. The van der Waals surface area contributed by atoms with Gasteiger partial charge in [-0.05, 0) is 32.2 Å². The van der Waals surface area contributed by atoms with Gasteiger partial charge in [0.15, 0.2) is 0 Å². The summed E-state index contributed by atoms with van der Waals surface area (Å²) in [6, 6.07) is 0. The average Bonchev–Trinajstić information content (AvgIpc) is 2.36. The Balaban J connectivity index is 2.49. The highest BCUT2D eigenvalue weighted by Gasteiger charge is 2.34. The SMILES string of the molecule is COCCC[C@@]1(CO)CCCN(CCS(C)(=O)=O)C1. The monoisotopic (exact) mass is 293 g/mol. The van der Waals surface area contributed by atoms with Gasteiger partial charge in [0.1, 0.15) is 9.84 Å². The van der Waals surface area contributed by atoms with Crippen molar-refractivity contribution in [2.75, 3.05) is 52.0 Å². The average molecular weight is 293 g/mol. The number of aliphatic hydroxyl groups is 1. The van der Waals surface area contributed by atoms with Crippen LogP contribution in [-0.4, -0.2) is 70.4 Å². The summed E-state index contributed by atoms with van der Waals surface area (Å²) in [7, 11) is -1.23. The molecule has 1 aliphatic rings. The molecule has 0 saturated carbocycles. The zero-order valence-corrected chi connectivity index (χ0v) is 12.9. The second kappa shape index (κ2) is 7.57. The van der Waals surface area contributed by atoms with Gasteiger partial charge in [-0.15, -0.1) is 0 Å². The fraction of sp³-hybridized carbons (Fsp3) is 1.00. The minimum absolute atomic E-state index is 0.0751. The van der Waals surface area contributed by atoms with E-state index in [9.17, 15) is 13.5 Å². The Bertz CT molecular complexity index is 358. The van der Waals surface area contributed by atoms with E-state index in [0.29, 0.717) is 13.2 Å². The smallest absolute Gasteiger partial charge is 0.148 e. The number of sulfone groups is 1. The summed E-state index contributed by atoms with van der Waals surface area (Å²) in [5.41, 5.74) is -0.0751. The molecule has 0 bridgehead atoms. The molecule has 0 aromatic rings. The van der Waals surface area contributed by atoms with Crippen LogP contribution in [0.25, 0.3) is 0 Å². The van der Waals surface area contributed by atoms with Crippen LogP contribution < -0.4 is 0 Å². The number of rotatable bonds is 8. The van der Waals surface area contributed by atoms with E-state index in [2.05, 4.69) is 4.90 Å². The van der Waals surface area contributed by atoms with Crippen molar-refractivity contribution in [1.29, 1.82) is 0 Å². The maximum absolute atomic E-state index is 11.2. The van der Waals surface area contributed by atoms with Gasteiger partial charge in [0, 0.05) is 45.1 Å². The lowest BCUT2D eigenvalue weighted by Crippen LogP contribution is -2.46. The molecule has 1 N–H and O–H groups in total. The van der Waals surface area contributed by atoms with Gasteiger partial charge in [0.25, 0.3) is 0 Å². The lowest BCUT2D eigenvalue weighted by atomic mass is 9.77. The first-order valence-electron chi connectivity index (χ1n) is 6.91. The highest BCUT2D eigenvalue weighted by molar-refractivity contribution is 7.90. The van der Waals surface area contributed by atoms with Crippen LogP contribution in [0.3, 0.4) is 0 Å². The van der Waals surface area contributed by atoms with Crippen LogP contribution in [-0.2, 0) is 14.6 Å². The molecule has 5 nitrogen and oxygen atoms in total. The maximum Gasteiger partial charge on any atom is 0.148 e. The highest BCUT2D eigenvalue weighted by atomic mass is 32.2. The molecule has 0 aromatic heterocycles. The molecule has 1 rings (SSSR count). The molecule has 0 amide bonds. The molecular formula is C13H27NO4S. The van der Waals surface area contributed by atoms with Crippen molar-refractivity contribution in [3.63, 3.8) is 0 Å². The summed E-state index contributed by atoms with van der Waals surface area (Å²) < 4.78 is 27.5. The molecule has 6 heteroatoms. The molecule has 1 aliphatic heterocycles. The van der Waals surface area contributed by atoms with E-state index in [-0.39, 0.29) is 17.8 Å². The van der Waals surface area contributed by atoms with Crippen LogP contribution in [0.2, 0.25) is 0 Å². The normalized spacial score (nSPS) is 25.6. The van der Waals surface area contributed by atoms with Gasteiger partial charge >= 0.3 is 0 Å². The fourth-order valence-corrected chi connectivity index (χ4v) is 3.39. The van der Waals surface area contributed by atoms with E-state index in [1.807, 2.05) is 0 Å². The predicted octanol–water partition coefficient (Wildman–Crippen LogP) is 0.532. The molecule has 1 saturated heterocycles. The Morgan fingerprint density at radius 1 is 1.42 bits per heavy atom. The Morgan fingerprint density at radius 2 is 2.16 bits per heavy atom. The lowest BCUT2D eigenvalue weighted by Gasteiger charge is -2.42. The third-order valence-electron chi connectivity index (χ3n) is 3.91. The van der Waals surface area contributed by atoms with E-state index in [4.69, 9.17) is 4.74 Å². The van der Waals surface area contributed by atoms with Gasteiger partial charge in [-0.25, -0.2) is 8.42 Å². The van der Waals surface area contributed by atoms with Crippen LogP contribution >= 0.6 is 0 Å². The summed E-state index contributed by atoms with van der Waals surface area (Å²) in [6.45, 7) is 3.19. The van der Waals surface area contributed by atoms with E-state index in [1.165, 1.54) is 6.26 Å². The van der Waals surface area contributed by atoms with Crippen molar-refractivity contribution in [2.24, 2.45) is 5.41 Å². The topological polar surface area (TPSA) is 66.8 Å². The summed E-state index contributed by atoms with van der Waals surface area (Å²) in [5.74, 6) is 0.201. The minimum Gasteiger partial charge on any atom is -0.396 e. The molecule has 0 unspecified atom stereocenters. The predicted molar refractivity (Wildman–Crippen MR) is 76.0 cm³/mol.